The lowest BCUT2D eigenvalue weighted by molar-refractivity contribution is 0.116. The molecule has 25 heavy (non-hydrogen) atoms. The summed E-state index contributed by atoms with van der Waals surface area (Å²) < 4.78 is 57.4. The van der Waals surface area contributed by atoms with Crippen molar-refractivity contribution in [1.82, 2.24) is 20.2 Å². The van der Waals surface area contributed by atoms with E-state index in [0.717, 1.165) is 12.1 Å². The average molecular weight is 353 g/mol. The number of benzene rings is 1. The third kappa shape index (κ3) is 3.57. The predicted molar refractivity (Wildman–Crippen MR) is 78.7 cm³/mol. The summed E-state index contributed by atoms with van der Waals surface area (Å²) in [6.45, 7) is 1.53. The van der Waals surface area contributed by atoms with Crippen LogP contribution in [0.5, 0.6) is 0 Å². The molecule has 1 atom stereocenters. The van der Waals surface area contributed by atoms with Crippen molar-refractivity contribution in [2.75, 3.05) is 5.32 Å². The van der Waals surface area contributed by atoms with E-state index in [9.17, 15) is 17.6 Å². The molecule has 1 unspecified atom stereocenters. The first-order valence-corrected chi connectivity index (χ1v) is 7.11. The second kappa shape index (κ2) is 6.83. The zero-order valence-electron chi connectivity index (χ0n) is 12.8. The highest BCUT2D eigenvalue weighted by Crippen LogP contribution is 2.25. The van der Waals surface area contributed by atoms with Crippen LogP contribution in [0.25, 0.3) is 11.6 Å². The maximum Gasteiger partial charge on any atom is 0.314 e. The minimum absolute atomic E-state index is 0.0180. The molecule has 0 spiro atoms. The van der Waals surface area contributed by atoms with Gasteiger partial charge in [-0.1, -0.05) is 6.07 Å². The highest BCUT2D eigenvalue weighted by Gasteiger charge is 2.19. The molecule has 0 aliphatic rings. The summed E-state index contributed by atoms with van der Waals surface area (Å²) in [5, 5.41) is 9.43. The zero-order valence-corrected chi connectivity index (χ0v) is 12.8. The molecule has 0 fully saturated rings. The molecular weight excluding hydrogens is 342 g/mol. The number of nitrogens with one attached hydrogen (secondary N) is 1. The maximum atomic E-state index is 13.8. The van der Waals surface area contributed by atoms with Crippen molar-refractivity contribution in [2.24, 2.45) is 0 Å². The zero-order chi connectivity index (χ0) is 18.0. The number of anilines is 1. The molecule has 2 heterocycles. The van der Waals surface area contributed by atoms with Gasteiger partial charge in [0, 0.05) is 11.8 Å². The number of halogens is 4. The van der Waals surface area contributed by atoms with Crippen molar-refractivity contribution < 1.29 is 22.0 Å². The number of hydrogen-bond acceptors (Lipinski definition) is 6. The predicted octanol–water partition coefficient (Wildman–Crippen LogP) is 3.92. The van der Waals surface area contributed by atoms with Crippen LogP contribution in [0, 0.1) is 11.6 Å². The van der Waals surface area contributed by atoms with E-state index >= 15 is 0 Å². The van der Waals surface area contributed by atoms with Crippen LogP contribution in [0.2, 0.25) is 0 Å². The summed E-state index contributed by atoms with van der Waals surface area (Å²) in [7, 11) is 0. The fraction of sp³-hybridized carbons (Fsp3) is 0.200. The van der Waals surface area contributed by atoms with Crippen LogP contribution in [-0.2, 0) is 0 Å². The van der Waals surface area contributed by atoms with E-state index in [0.29, 0.717) is 0 Å². The normalized spacial score (nSPS) is 12.4. The summed E-state index contributed by atoms with van der Waals surface area (Å²) in [4.78, 5) is 7.96. The van der Waals surface area contributed by atoms with Crippen LogP contribution >= 0.6 is 0 Å². The number of rotatable bonds is 5. The maximum absolute atomic E-state index is 13.8. The number of aromatic nitrogens is 4. The summed E-state index contributed by atoms with van der Waals surface area (Å²) in [5.74, 6) is -2.45. The molecule has 0 amide bonds. The van der Waals surface area contributed by atoms with Crippen LogP contribution in [0.15, 0.2) is 34.9 Å². The Hall–Kier alpha value is -3.04. The van der Waals surface area contributed by atoms with Crippen LogP contribution in [-0.4, -0.2) is 20.2 Å². The Morgan fingerprint density at radius 2 is 1.80 bits per heavy atom. The minimum Gasteiger partial charge on any atom is -0.414 e. The first-order chi connectivity index (χ1) is 12.0. The van der Waals surface area contributed by atoms with Crippen LogP contribution in [0.1, 0.15) is 30.8 Å². The van der Waals surface area contributed by atoms with Gasteiger partial charge in [0.15, 0.2) is 0 Å². The third-order valence-electron chi connectivity index (χ3n) is 3.28. The molecule has 1 N–H and O–H groups in total. The van der Waals surface area contributed by atoms with Gasteiger partial charge in [0.1, 0.15) is 17.3 Å². The molecule has 3 rings (SSSR count). The number of alkyl halides is 2. The van der Waals surface area contributed by atoms with Crippen molar-refractivity contribution in [3.63, 3.8) is 0 Å². The van der Waals surface area contributed by atoms with Gasteiger partial charge in [-0.2, -0.15) is 8.78 Å². The van der Waals surface area contributed by atoms with Crippen molar-refractivity contribution in [1.29, 1.82) is 0 Å². The molecule has 0 saturated carbocycles. The van der Waals surface area contributed by atoms with Crippen LogP contribution < -0.4 is 5.32 Å². The van der Waals surface area contributed by atoms with Crippen molar-refractivity contribution in [3.8, 4) is 11.6 Å². The van der Waals surface area contributed by atoms with Gasteiger partial charge < -0.3 is 9.73 Å². The van der Waals surface area contributed by atoms with Gasteiger partial charge in [-0.25, -0.2) is 18.7 Å². The van der Waals surface area contributed by atoms with E-state index in [-0.39, 0.29) is 23.1 Å². The Morgan fingerprint density at radius 3 is 2.44 bits per heavy atom. The van der Waals surface area contributed by atoms with Gasteiger partial charge in [-0.15, -0.1) is 10.2 Å². The Labute approximate surface area is 138 Å². The van der Waals surface area contributed by atoms with E-state index in [1.807, 2.05) is 0 Å². The summed E-state index contributed by atoms with van der Waals surface area (Å²) in [6.07, 6.45) is -1.58. The Bertz CT molecular complexity index is 866. The summed E-state index contributed by atoms with van der Waals surface area (Å²) in [5.41, 5.74) is -0.0765. The molecule has 3 aromatic rings. The number of nitrogens with zero attached hydrogens (tertiary/aromatic N) is 4. The lowest BCUT2D eigenvalue weighted by Crippen LogP contribution is -2.13. The van der Waals surface area contributed by atoms with Gasteiger partial charge in [-0.05, 0) is 25.1 Å². The first kappa shape index (κ1) is 16.8. The molecule has 2 aromatic heterocycles. The third-order valence-corrected chi connectivity index (χ3v) is 3.28. The SMILES string of the molecule is CC(Nc1nccc(-c2nnc(C(F)F)o2)n1)c1c(F)cccc1F. The second-order valence-corrected chi connectivity index (χ2v) is 5.01. The van der Waals surface area contributed by atoms with Gasteiger partial charge in [0.2, 0.25) is 5.95 Å². The minimum atomic E-state index is -2.90. The molecule has 6 nitrogen and oxygen atoms in total. The van der Waals surface area contributed by atoms with E-state index in [1.54, 1.807) is 0 Å². The van der Waals surface area contributed by atoms with Crippen LogP contribution in [0.4, 0.5) is 23.5 Å². The highest BCUT2D eigenvalue weighted by atomic mass is 19.3. The average Bonchev–Trinajstić information content (AvgIpc) is 3.05. The summed E-state index contributed by atoms with van der Waals surface area (Å²) >= 11 is 0. The molecule has 0 aliphatic carbocycles. The van der Waals surface area contributed by atoms with Crippen molar-refractivity contribution >= 4 is 5.95 Å². The lowest BCUT2D eigenvalue weighted by atomic mass is 10.1. The fourth-order valence-electron chi connectivity index (χ4n) is 2.16. The molecule has 0 radical (unpaired) electrons. The quantitative estimate of drug-likeness (QED) is 0.701. The molecule has 0 bridgehead atoms. The van der Waals surface area contributed by atoms with Crippen molar-refractivity contribution in [3.05, 3.63) is 53.6 Å². The van der Waals surface area contributed by atoms with E-state index in [1.165, 1.54) is 25.3 Å². The van der Waals surface area contributed by atoms with Gasteiger partial charge in [-0.3, -0.25) is 0 Å². The number of hydrogen-bond donors (Lipinski definition) is 1. The standard InChI is InChI=1S/C15H11F4N5O/c1-7(11-8(16)3-2-4-9(11)17)21-15-20-6-5-10(22-15)13-23-24-14(25-13)12(18)19/h2-7,12H,1H3,(H,20,21,22). The molecule has 0 saturated heterocycles. The van der Waals surface area contributed by atoms with Gasteiger partial charge >= 0.3 is 6.43 Å². The largest absolute Gasteiger partial charge is 0.414 e. The Kier molecular flexibility index (Phi) is 4.59. The molecule has 130 valence electrons. The first-order valence-electron chi connectivity index (χ1n) is 7.11. The molecule has 1 aromatic carbocycles. The monoisotopic (exact) mass is 353 g/mol. The van der Waals surface area contributed by atoms with Crippen molar-refractivity contribution in [2.45, 2.75) is 19.4 Å². The van der Waals surface area contributed by atoms with E-state index < -0.39 is 30.0 Å². The fourth-order valence-corrected chi connectivity index (χ4v) is 2.16. The molecule has 0 aliphatic heterocycles. The Morgan fingerprint density at radius 1 is 1.08 bits per heavy atom. The Balaban J connectivity index is 1.84. The molecule has 10 heteroatoms. The van der Waals surface area contributed by atoms with Gasteiger partial charge in [0.25, 0.3) is 11.8 Å². The summed E-state index contributed by atoms with van der Waals surface area (Å²) in [6, 6.07) is 4.13. The molecular formula is C15H11F4N5O. The second-order valence-electron chi connectivity index (χ2n) is 5.01. The van der Waals surface area contributed by atoms with Crippen LogP contribution in [0.3, 0.4) is 0 Å². The lowest BCUT2D eigenvalue weighted by Gasteiger charge is -2.15. The topological polar surface area (TPSA) is 76.7 Å². The highest BCUT2D eigenvalue weighted by molar-refractivity contribution is 5.48. The van der Waals surface area contributed by atoms with E-state index in [2.05, 4.69) is 25.5 Å². The smallest absolute Gasteiger partial charge is 0.314 e. The van der Waals surface area contributed by atoms with E-state index in [4.69, 9.17) is 4.42 Å². The van der Waals surface area contributed by atoms with Gasteiger partial charge in [0.05, 0.1) is 6.04 Å².